The Bertz CT molecular complexity index is 1560. The van der Waals surface area contributed by atoms with Gasteiger partial charge in [0.2, 0.25) is 5.88 Å². The number of hydrogen-bond acceptors (Lipinski definition) is 6. The molecule has 0 aliphatic carbocycles. The van der Waals surface area contributed by atoms with Crippen LogP contribution in [0.1, 0.15) is 23.0 Å². The molecule has 0 spiro atoms. The number of aromatic nitrogens is 2. The summed E-state index contributed by atoms with van der Waals surface area (Å²) in [6.45, 7) is 2.00. The number of rotatable bonds is 9. The molecule has 7 nitrogen and oxygen atoms in total. The molecule has 0 amide bonds. The first-order valence-corrected chi connectivity index (χ1v) is 13.1. The minimum atomic E-state index is -3.71. The number of ketones is 1. The summed E-state index contributed by atoms with van der Waals surface area (Å²) in [6.07, 6.45) is 2.48. The molecule has 2 aromatic carbocycles. The van der Waals surface area contributed by atoms with E-state index in [2.05, 4.69) is 4.98 Å². The molecule has 0 N–H and O–H groups in total. The molecule has 2 heterocycles. The Hall–Kier alpha value is -3.79. The summed E-state index contributed by atoms with van der Waals surface area (Å²) < 4.78 is 65.5. The zero-order chi connectivity index (χ0) is 26.0. The van der Waals surface area contributed by atoms with E-state index in [1.54, 1.807) is 30.3 Å². The first-order valence-electron chi connectivity index (χ1n) is 11.1. The van der Waals surface area contributed by atoms with Crippen LogP contribution in [0.4, 0.5) is 8.78 Å². The number of halogens is 2. The predicted molar refractivity (Wildman–Crippen MR) is 132 cm³/mol. The highest BCUT2D eigenvalue weighted by molar-refractivity contribution is 7.91. The van der Waals surface area contributed by atoms with Crippen molar-refractivity contribution in [3.05, 3.63) is 77.6 Å². The molecule has 0 radical (unpaired) electrons. The van der Waals surface area contributed by atoms with Crippen molar-refractivity contribution in [1.82, 2.24) is 9.55 Å². The van der Waals surface area contributed by atoms with Gasteiger partial charge in [0.15, 0.2) is 15.6 Å². The molecule has 0 bridgehead atoms. The van der Waals surface area contributed by atoms with Gasteiger partial charge < -0.3 is 14.0 Å². The first-order chi connectivity index (χ1) is 17.1. The molecule has 188 valence electrons. The number of carbonyl (C=O) groups excluding carboxylic acids is 1. The molecule has 2 aromatic heterocycles. The Morgan fingerprint density at radius 3 is 2.58 bits per heavy atom. The highest BCUT2D eigenvalue weighted by Crippen LogP contribution is 2.41. The van der Waals surface area contributed by atoms with Crippen LogP contribution in [0.25, 0.3) is 22.0 Å². The molecular formula is C26H24F2N2O5S. The Kier molecular flexibility index (Phi) is 7.07. The molecule has 4 aromatic rings. The number of nitrogens with zero attached hydrogens (tertiary/aromatic N) is 2. The van der Waals surface area contributed by atoms with Crippen molar-refractivity contribution in [2.45, 2.75) is 13.5 Å². The lowest BCUT2D eigenvalue weighted by atomic mass is 10.0. The standard InChI is InChI=1S/C26H24F2N2O5S/c1-4-35-18-8-10-22-20(13-18)24(19-6-5-11-29-26(19)34-2)25(23(31)15-36(3,32)33)30(22)14-16-12-17(27)7-9-21(16)28/h5-13H,4,14-15H2,1-3H3. The number of fused-ring (bicyclic) bond motifs is 1. The van der Waals surface area contributed by atoms with Gasteiger partial charge in [-0.25, -0.2) is 22.2 Å². The van der Waals surface area contributed by atoms with Crippen molar-refractivity contribution in [2.24, 2.45) is 0 Å². The van der Waals surface area contributed by atoms with Crippen LogP contribution >= 0.6 is 0 Å². The van der Waals surface area contributed by atoms with Gasteiger partial charge in [-0.3, -0.25) is 4.79 Å². The van der Waals surface area contributed by atoms with Crippen molar-refractivity contribution in [1.29, 1.82) is 0 Å². The number of pyridine rings is 1. The third-order valence-corrected chi connectivity index (χ3v) is 6.36. The Balaban J connectivity index is 2.11. The monoisotopic (exact) mass is 514 g/mol. The Morgan fingerprint density at radius 1 is 1.11 bits per heavy atom. The maximum atomic E-state index is 14.7. The molecule has 10 heteroatoms. The van der Waals surface area contributed by atoms with E-state index < -0.39 is 33.0 Å². The highest BCUT2D eigenvalue weighted by Gasteiger charge is 2.28. The second-order valence-electron chi connectivity index (χ2n) is 8.21. The fraction of sp³-hybridized carbons (Fsp3) is 0.231. The topological polar surface area (TPSA) is 87.5 Å². The smallest absolute Gasteiger partial charge is 0.221 e. The quantitative estimate of drug-likeness (QED) is 0.302. The number of methoxy groups -OCH3 is 1. The van der Waals surface area contributed by atoms with E-state index in [9.17, 15) is 22.0 Å². The number of carbonyl (C=O) groups is 1. The van der Waals surface area contributed by atoms with E-state index in [1.807, 2.05) is 6.92 Å². The third kappa shape index (κ3) is 5.08. The van der Waals surface area contributed by atoms with Gasteiger partial charge in [-0.15, -0.1) is 0 Å². The molecular weight excluding hydrogens is 490 g/mol. The van der Waals surface area contributed by atoms with Gasteiger partial charge in [0.05, 0.1) is 26.0 Å². The minimum Gasteiger partial charge on any atom is -0.494 e. The Labute approximate surface area is 207 Å². The number of Topliss-reactive ketones (excluding diaryl/α,β-unsaturated/α-hetero) is 1. The van der Waals surface area contributed by atoms with Crippen LogP contribution in [0.2, 0.25) is 0 Å². The van der Waals surface area contributed by atoms with Gasteiger partial charge in [0.1, 0.15) is 23.1 Å². The van der Waals surface area contributed by atoms with E-state index in [4.69, 9.17) is 9.47 Å². The maximum absolute atomic E-state index is 14.7. The fourth-order valence-corrected chi connectivity index (χ4v) is 4.82. The summed E-state index contributed by atoms with van der Waals surface area (Å²) in [5.74, 6) is -2.05. The van der Waals surface area contributed by atoms with Gasteiger partial charge >= 0.3 is 0 Å². The number of hydrogen-bond donors (Lipinski definition) is 0. The van der Waals surface area contributed by atoms with E-state index in [0.717, 1.165) is 24.5 Å². The minimum absolute atomic E-state index is 0.00103. The van der Waals surface area contributed by atoms with E-state index in [-0.39, 0.29) is 23.7 Å². The van der Waals surface area contributed by atoms with E-state index in [0.29, 0.717) is 34.4 Å². The predicted octanol–water partition coefficient (Wildman–Crippen LogP) is 4.66. The maximum Gasteiger partial charge on any atom is 0.221 e. The van der Waals surface area contributed by atoms with Crippen LogP contribution in [-0.2, 0) is 16.4 Å². The van der Waals surface area contributed by atoms with Crippen molar-refractivity contribution in [3.63, 3.8) is 0 Å². The molecule has 0 fully saturated rings. The lowest BCUT2D eigenvalue weighted by Crippen LogP contribution is -2.20. The van der Waals surface area contributed by atoms with Crippen molar-refractivity contribution in [3.8, 4) is 22.8 Å². The SMILES string of the molecule is CCOc1ccc2c(c1)c(-c1cccnc1OC)c(C(=O)CS(C)(=O)=O)n2Cc1cc(F)ccc1F. The van der Waals surface area contributed by atoms with Gasteiger partial charge in [-0.05, 0) is 55.5 Å². The average molecular weight is 515 g/mol. The van der Waals surface area contributed by atoms with Crippen molar-refractivity contribution in [2.75, 3.05) is 25.7 Å². The number of ether oxygens (including phenoxy) is 2. The lowest BCUT2D eigenvalue weighted by Gasteiger charge is -2.13. The second-order valence-corrected chi connectivity index (χ2v) is 10.4. The van der Waals surface area contributed by atoms with Gasteiger partial charge in [-0.2, -0.15) is 0 Å². The third-order valence-electron chi connectivity index (χ3n) is 5.57. The summed E-state index contributed by atoms with van der Waals surface area (Å²) in [4.78, 5) is 17.8. The van der Waals surface area contributed by atoms with Crippen molar-refractivity contribution < 1.29 is 31.5 Å². The molecule has 0 aliphatic heterocycles. The summed E-state index contributed by atoms with van der Waals surface area (Å²) in [7, 11) is -2.29. The molecule has 4 rings (SSSR count). The number of benzene rings is 2. The van der Waals surface area contributed by atoms with Crippen molar-refractivity contribution >= 4 is 26.5 Å². The van der Waals surface area contributed by atoms with Crippen LogP contribution in [0, 0.1) is 11.6 Å². The van der Waals surface area contributed by atoms with Gasteiger partial charge in [0.25, 0.3) is 0 Å². The molecule has 36 heavy (non-hydrogen) atoms. The van der Waals surface area contributed by atoms with E-state index in [1.165, 1.54) is 17.9 Å². The zero-order valence-corrected chi connectivity index (χ0v) is 20.7. The largest absolute Gasteiger partial charge is 0.494 e. The Morgan fingerprint density at radius 2 is 1.89 bits per heavy atom. The van der Waals surface area contributed by atoms with Gasteiger partial charge in [-0.1, -0.05) is 0 Å². The van der Waals surface area contributed by atoms with E-state index >= 15 is 0 Å². The summed E-state index contributed by atoms with van der Waals surface area (Å²) in [5.41, 5.74) is 1.31. The average Bonchev–Trinajstić information content (AvgIpc) is 3.14. The molecule has 0 aliphatic rings. The van der Waals surface area contributed by atoms with Crippen LogP contribution in [0.3, 0.4) is 0 Å². The molecule has 0 saturated carbocycles. The first kappa shape index (κ1) is 25.3. The summed E-state index contributed by atoms with van der Waals surface area (Å²) >= 11 is 0. The number of sulfone groups is 1. The fourth-order valence-electron chi connectivity index (χ4n) is 4.20. The summed E-state index contributed by atoms with van der Waals surface area (Å²) in [6, 6.07) is 11.5. The van der Waals surface area contributed by atoms with Crippen LogP contribution in [0.15, 0.2) is 54.7 Å². The van der Waals surface area contributed by atoms with Crippen LogP contribution in [-0.4, -0.2) is 49.5 Å². The highest BCUT2D eigenvalue weighted by atomic mass is 32.2. The van der Waals surface area contributed by atoms with Gasteiger partial charge in [0, 0.05) is 40.0 Å². The second kappa shape index (κ2) is 10.1. The summed E-state index contributed by atoms with van der Waals surface area (Å²) in [5, 5.41) is 0.543. The zero-order valence-electron chi connectivity index (χ0n) is 19.9. The van der Waals surface area contributed by atoms with Crippen LogP contribution < -0.4 is 9.47 Å². The molecule has 0 atom stereocenters. The normalized spacial score (nSPS) is 11.6. The molecule has 0 unspecified atom stereocenters. The lowest BCUT2D eigenvalue weighted by molar-refractivity contribution is 0.101. The molecule has 0 saturated heterocycles. The van der Waals surface area contributed by atoms with Crippen LogP contribution in [0.5, 0.6) is 11.6 Å².